The normalized spacial score (nSPS) is 23.4. The molecular weight excluding hydrogens is 266 g/mol. The molecule has 0 N–H and O–H groups in total. The van der Waals surface area contributed by atoms with Gasteiger partial charge in [0.15, 0.2) is 5.71 Å². The Morgan fingerprint density at radius 1 is 1.42 bits per heavy atom. The van der Waals surface area contributed by atoms with Gasteiger partial charge >= 0.3 is 10.1 Å². The average Bonchev–Trinajstić information content (AvgIpc) is 2.35. The summed E-state index contributed by atoms with van der Waals surface area (Å²) in [6, 6.07) is 3.67. The predicted molar refractivity (Wildman–Crippen MR) is 68.9 cm³/mol. The topological polar surface area (TPSA) is 103 Å². The van der Waals surface area contributed by atoms with Crippen LogP contribution in [0.2, 0.25) is 0 Å². The first kappa shape index (κ1) is 14.7. The summed E-state index contributed by atoms with van der Waals surface area (Å²) in [6.07, 6.45) is 6.65. The van der Waals surface area contributed by atoms with Crippen LogP contribution in [0.5, 0.6) is 0 Å². The Morgan fingerprint density at radius 2 is 2.16 bits per heavy atom. The van der Waals surface area contributed by atoms with Gasteiger partial charge in [-0.05, 0) is 19.4 Å². The van der Waals surface area contributed by atoms with Gasteiger partial charge in [0.2, 0.25) is 0 Å². The molecule has 0 spiro atoms. The maximum atomic E-state index is 11.8. The van der Waals surface area contributed by atoms with Gasteiger partial charge in [-0.3, -0.25) is 4.28 Å². The third-order valence-corrected chi connectivity index (χ3v) is 3.32. The molecule has 7 heteroatoms. The fourth-order valence-electron chi connectivity index (χ4n) is 1.22. The maximum absolute atomic E-state index is 11.8. The zero-order valence-electron chi connectivity index (χ0n) is 10.2. The molecule has 0 radical (unpaired) electrons. The smallest absolute Gasteiger partial charge is 0.264 e. The van der Waals surface area contributed by atoms with Gasteiger partial charge in [-0.25, -0.2) is 0 Å². The Balaban J connectivity index is 2.95. The summed E-state index contributed by atoms with van der Waals surface area (Å²) in [5.74, 6) is 0. The van der Waals surface area contributed by atoms with Crippen LogP contribution in [-0.4, -0.2) is 14.1 Å². The van der Waals surface area contributed by atoms with E-state index in [2.05, 4.69) is 9.44 Å². The van der Waals surface area contributed by atoms with Crippen molar-refractivity contribution in [2.24, 2.45) is 5.16 Å². The summed E-state index contributed by atoms with van der Waals surface area (Å²) in [5.41, 5.74) is 0.480. The van der Waals surface area contributed by atoms with Crippen LogP contribution in [0.1, 0.15) is 19.8 Å². The van der Waals surface area contributed by atoms with E-state index in [1.807, 2.05) is 6.07 Å². The molecule has 98 valence electrons. The molecule has 0 aromatic heterocycles. The van der Waals surface area contributed by atoms with E-state index in [0.29, 0.717) is 18.4 Å². The molecule has 0 bridgehead atoms. The van der Waals surface area contributed by atoms with Crippen molar-refractivity contribution in [2.45, 2.75) is 19.8 Å². The van der Waals surface area contributed by atoms with Crippen LogP contribution in [0.3, 0.4) is 0 Å². The van der Waals surface area contributed by atoms with Crippen molar-refractivity contribution in [2.75, 3.05) is 0 Å². The quantitative estimate of drug-likeness (QED) is 0.579. The van der Waals surface area contributed by atoms with Crippen LogP contribution in [0, 0.1) is 22.7 Å². The zero-order chi connectivity index (χ0) is 14.3. The maximum Gasteiger partial charge on any atom is 0.358 e. The zero-order valence-corrected chi connectivity index (χ0v) is 11.0. The average molecular weight is 277 g/mol. The Labute approximate surface area is 111 Å². The molecule has 0 atom stereocenters. The number of oxime groups is 1. The highest BCUT2D eigenvalue weighted by molar-refractivity contribution is 7.90. The lowest BCUT2D eigenvalue weighted by molar-refractivity contribution is 0.344. The molecular formula is C12H11N3O3S. The van der Waals surface area contributed by atoms with Crippen molar-refractivity contribution in [1.29, 1.82) is 10.5 Å². The number of nitriles is 2. The molecule has 19 heavy (non-hydrogen) atoms. The van der Waals surface area contributed by atoms with Gasteiger partial charge in [-0.2, -0.15) is 18.9 Å². The minimum atomic E-state index is -4.03. The summed E-state index contributed by atoms with van der Waals surface area (Å²) >= 11 is 0. The molecule has 1 rings (SSSR count). The minimum absolute atomic E-state index is 0.0461. The molecule has 0 unspecified atom stereocenters. The second kappa shape index (κ2) is 6.53. The predicted octanol–water partition coefficient (Wildman–Crippen LogP) is 1.92. The lowest BCUT2D eigenvalue weighted by atomic mass is 10.1. The van der Waals surface area contributed by atoms with Crippen LogP contribution in [0.4, 0.5) is 0 Å². The summed E-state index contributed by atoms with van der Waals surface area (Å²) < 4.78 is 28.0. The second-order valence-electron chi connectivity index (χ2n) is 3.61. The highest BCUT2D eigenvalue weighted by Gasteiger charge is 2.17. The molecule has 0 fully saturated rings. The van der Waals surface area contributed by atoms with Gasteiger partial charge in [-0.1, -0.05) is 23.4 Å². The Kier molecular flexibility index (Phi) is 5.04. The van der Waals surface area contributed by atoms with E-state index >= 15 is 0 Å². The van der Waals surface area contributed by atoms with Gasteiger partial charge in [0.25, 0.3) is 0 Å². The molecule has 0 saturated carbocycles. The molecule has 0 aromatic carbocycles. The van der Waals surface area contributed by atoms with E-state index < -0.39 is 10.1 Å². The second-order valence-corrected chi connectivity index (χ2v) is 5.14. The Morgan fingerprint density at radius 3 is 2.79 bits per heavy atom. The van der Waals surface area contributed by atoms with Crippen LogP contribution < -0.4 is 0 Å². The van der Waals surface area contributed by atoms with Crippen molar-refractivity contribution < 1.29 is 12.7 Å². The van der Waals surface area contributed by atoms with Gasteiger partial charge in [-0.15, -0.1) is 0 Å². The monoisotopic (exact) mass is 277 g/mol. The number of rotatable bonds is 3. The summed E-state index contributed by atoms with van der Waals surface area (Å²) in [5, 5.41) is 20.4. The van der Waals surface area contributed by atoms with Crippen molar-refractivity contribution in [3.8, 4) is 12.1 Å². The molecule has 0 saturated heterocycles. The first-order valence-corrected chi connectivity index (χ1v) is 6.74. The first-order valence-electron chi connectivity index (χ1n) is 5.34. The van der Waals surface area contributed by atoms with Crippen molar-refractivity contribution in [3.05, 3.63) is 34.8 Å². The fourth-order valence-corrected chi connectivity index (χ4v) is 2.08. The Hall–Kier alpha value is -2.38. The first-order chi connectivity index (χ1) is 8.99. The van der Waals surface area contributed by atoms with Crippen LogP contribution in [-0.2, 0) is 14.4 Å². The SMILES string of the molecule is C/C(C#N)=N/OS(=O)(=O)C1=C/C/C=C(/C#N)C/C=C\1. The number of hydrogen-bond donors (Lipinski definition) is 0. The van der Waals surface area contributed by atoms with Gasteiger partial charge in [0.05, 0.1) is 6.07 Å². The molecule has 0 aliphatic heterocycles. The molecule has 0 heterocycles. The number of nitrogens with zero attached hydrogens (tertiary/aromatic N) is 3. The van der Waals surface area contributed by atoms with Crippen LogP contribution in [0.15, 0.2) is 39.9 Å². The van der Waals surface area contributed by atoms with E-state index in [1.165, 1.54) is 19.1 Å². The third kappa shape index (κ3) is 4.41. The van der Waals surface area contributed by atoms with E-state index in [9.17, 15) is 8.42 Å². The Bertz CT molecular complexity index is 655. The molecule has 0 aromatic rings. The highest BCUT2D eigenvalue weighted by atomic mass is 32.2. The lowest BCUT2D eigenvalue weighted by Gasteiger charge is -2.04. The fraction of sp³-hybridized carbons (Fsp3) is 0.250. The van der Waals surface area contributed by atoms with E-state index in [0.717, 1.165) is 0 Å². The molecule has 6 nitrogen and oxygen atoms in total. The minimum Gasteiger partial charge on any atom is -0.264 e. The molecule has 1 aliphatic carbocycles. The summed E-state index contributed by atoms with van der Waals surface area (Å²) in [4.78, 5) is -0.0461. The van der Waals surface area contributed by atoms with Gasteiger partial charge in [0.1, 0.15) is 11.0 Å². The molecule has 0 amide bonds. The van der Waals surface area contributed by atoms with Crippen molar-refractivity contribution in [3.63, 3.8) is 0 Å². The van der Waals surface area contributed by atoms with E-state index in [-0.39, 0.29) is 10.6 Å². The van der Waals surface area contributed by atoms with Crippen LogP contribution >= 0.6 is 0 Å². The van der Waals surface area contributed by atoms with Gasteiger partial charge in [0, 0.05) is 12.0 Å². The van der Waals surface area contributed by atoms with Crippen molar-refractivity contribution >= 4 is 15.8 Å². The lowest BCUT2D eigenvalue weighted by Crippen LogP contribution is -2.05. The number of hydrogen-bond acceptors (Lipinski definition) is 6. The van der Waals surface area contributed by atoms with E-state index in [4.69, 9.17) is 10.5 Å². The van der Waals surface area contributed by atoms with Gasteiger partial charge < -0.3 is 0 Å². The molecule has 1 aliphatic rings. The highest BCUT2D eigenvalue weighted by Crippen LogP contribution is 2.17. The van der Waals surface area contributed by atoms with Crippen LogP contribution in [0.25, 0.3) is 0 Å². The summed E-state index contributed by atoms with van der Waals surface area (Å²) in [7, 11) is -4.03. The van der Waals surface area contributed by atoms with E-state index in [1.54, 1.807) is 18.2 Å². The summed E-state index contributed by atoms with van der Waals surface area (Å²) in [6.45, 7) is 1.33. The largest absolute Gasteiger partial charge is 0.358 e. The third-order valence-electron chi connectivity index (χ3n) is 2.17. The van der Waals surface area contributed by atoms with Crippen molar-refractivity contribution in [1.82, 2.24) is 0 Å². The number of allylic oxidation sites excluding steroid dienone is 5. The standard InChI is InChI=1S/C12H11N3O3S/c1-10(8-13)15-18-19(16,17)12-6-2-4-11(9-14)5-3-7-12/h2,5-7H,3-4H2,1H3/b6-2-,11-5+,12-7+,15-10-.